The Labute approximate surface area is 624 Å². The summed E-state index contributed by atoms with van der Waals surface area (Å²) in [6.07, 6.45) is 35.9. The zero-order valence-corrected chi connectivity index (χ0v) is 68.4. The molecule has 9 aromatic rings. The van der Waals surface area contributed by atoms with Crippen LogP contribution in [0.1, 0.15) is 229 Å². The average Bonchev–Trinajstić information content (AvgIpc) is 0.695. The maximum Gasteiger partial charge on any atom is 0.0740 e. The van der Waals surface area contributed by atoms with Crippen LogP contribution in [0, 0.1) is 21.7 Å². The highest BCUT2D eigenvalue weighted by atomic mass is 79.9. The smallest absolute Gasteiger partial charge is 0.0740 e. The monoisotopic (exact) mass is 1540 g/mol. The highest BCUT2D eigenvalue weighted by Crippen LogP contribution is 2.75. The second-order valence-corrected chi connectivity index (χ2v) is 40.9. The van der Waals surface area contributed by atoms with E-state index in [4.69, 9.17) is 0 Å². The van der Waals surface area contributed by atoms with E-state index in [1.54, 1.807) is 22.3 Å². The van der Waals surface area contributed by atoms with Gasteiger partial charge in [-0.2, -0.15) is 0 Å². The molecule has 2 atom stereocenters. The summed E-state index contributed by atoms with van der Waals surface area (Å²) < 4.78 is 2.70. The fourth-order valence-corrected chi connectivity index (χ4v) is 26.4. The summed E-state index contributed by atoms with van der Waals surface area (Å²) >= 11 is 24.1. The predicted molar refractivity (Wildman–Crippen MR) is 443 cm³/mol. The summed E-state index contributed by atoms with van der Waals surface area (Å²) in [6.45, 7) is 29.0. The minimum absolute atomic E-state index is 0.0822. The molecule has 0 saturated carbocycles. The van der Waals surface area contributed by atoms with Crippen LogP contribution < -0.4 is 0 Å². The Morgan fingerprint density at radius 3 is 0.885 bits per heavy atom. The molecule has 96 heavy (non-hydrogen) atoms. The Hall–Kier alpha value is -3.78. The van der Waals surface area contributed by atoms with Gasteiger partial charge < -0.3 is 0 Å². The molecule has 0 nitrogen and oxygen atoms in total. The lowest BCUT2D eigenvalue weighted by Gasteiger charge is -2.61. The summed E-state index contributed by atoms with van der Waals surface area (Å²) in [5.41, 5.74) is 19.6. The number of allylic oxidation sites excluding steroid dienone is 12. The standard InChI is InChI=1S/C86H96Br2S8/c1-13-17-21-25-33-57-59(35-27-23-19-15-3)81(87)95-79(57)75-47-43-71(93-75)67-39-37-65(89-67)69-41-45-73(91-69)77-63-51-53(83(5,6)7)49-61-55-31-29-30-32-56(55)62-50-54(84(8,9)10)52-64(86(62,12)85(61,63)11)78(77)74-46-42-70(92-74)66-38-40-68(90-66)72-44-48-76(94-72)80-58(34-26-22-18-14-2)60(82(88)96-80)36-28-24-20-16-4/h29-32,37-52H,13-28,33-36H2,1-12H3/t85-,86-/m1/s1. The second kappa shape index (κ2) is 29.7. The summed E-state index contributed by atoms with van der Waals surface area (Å²) in [7, 11) is 0. The molecule has 13 rings (SSSR count). The second-order valence-electron chi connectivity index (χ2n) is 29.7. The van der Waals surface area contributed by atoms with E-state index in [0.717, 1.165) is 0 Å². The number of halogens is 2. The molecular weight excluding hydrogens is 1450 g/mol. The van der Waals surface area contributed by atoms with Crippen molar-refractivity contribution < 1.29 is 0 Å². The molecule has 8 heterocycles. The Morgan fingerprint density at radius 1 is 0.312 bits per heavy atom. The summed E-state index contributed by atoms with van der Waals surface area (Å²) in [4.78, 5) is 19.3. The predicted octanol–water partition coefficient (Wildman–Crippen LogP) is 31.9. The highest BCUT2D eigenvalue weighted by molar-refractivity contribution is 9.11. The molecule has 0 spiro atoms. The lowest BCUT2D eigenvalue weighted by Crippen LogP contribution is -2.49. The van der Waals surface area contributed by atoms with E-state index < -0.39 is 0 Å². The highest BCUT2D eigenvalue weighted by Gasteiger charge is 2.62. The number of rotatable bonds is 28. The molecule has 4 aliphatic rings. The van der Waals surface area contributed by atoms with Crippen LogP contribution in [0.15, 0.2) is 151 Å². The van der Waals surface area contributed by atoms with Gasteiger partial charge in [-0.05, 0) is 234 Å². The van der Waals surface area contributed by atoms with E-state index in [1.165, 1.54) is 260 Å². The molecule has 0 aliphatic heterocycles. The minimum Gasteiger partial charge on any atom is -0.134 e. The molecular formula is C86H96Br2S8. The third-order valence-corrected chi connectivity index (χ3v) is 32.9. The van der Waals surface area contributed by atoms with Gasteiger partial charge in [0.15, 0.2) is 0 Å². The van der Waals surface area contributed by atoms with E-state index in [-0.39, 0.29) is 21.7 Å². The molecule has 0 unspecified atom stereocenters. The van der Waals surface area contributed by atoms with Gasteiger partial charge in [-0.25, -0.2) is 0 Å². The van der Waals surface area contributed by atoms with E-state index in [0.29, 0.717) is 0 Å². The van der Waals surface area contributed by atoms with Crippen molar-refractivity contribution in [3.63, 3.8) is 0 Å². The Kier molecular flexibility index (Phi) is 21.8. The number of hydrogen-bond donors (Lipinski definition) is 0. The van der Waals surface area contributed by atoms with Crippen LogP contribution in [0.3, 0.4) is 0 Å². The molecule has 0 saturated heterocycles. The molecule has 0 bridgehead atoms. The lowest BCUT2D eigenvalue weighted by molar-refractivity contribution is 0.301. The first-order chi connectivity index (χ1) is 46.3. The maximum atomic E-state index is 4.12. The van der Waals surface area contributed by atoms with Crippen LogP contribution in [-0.2, 0) is 25.7 Å². The van der Waals surface area contributed by atoms with Crippen molar-refractivity contribution in [3.05, 3.63) is 194 Å². The van der Waals surface area contributed by atoms with Crippen LogP contribution in [0.25, 0.3) is 80.8 Å². The normalized spacial score (nSPS) is 17.7. The minimum atomic E-state index is -0.371. The Morgan fingerprint density at radius 2 is 0.583 bits per heavy atom. The third-order valence-electron chi connectivity index (χ3n) is 21.2. The summed E-state index contributed by atoms with van der Waals surface area (Å²) in [5.74, 6) is 0. The van der Waals surface area contributed by atoms with Gasteiger partial charge in [-0.15, -0.1) is 90.7 Å². The number of unbranched alkanes of at least 4 members (excludes halogenated alkanes) is 12. The van der Waals surface area contributed by atoms with Gasteiger partial charge in [-0.3, -0.25) is 0 Å². The van der Waals surface area contributed by atoms with Crippen molar-refractivity contribution in [2.45, 2.75) is 212 Å². The van der Waals surface area contributed by atoms with Gasteiger partial charge in [0.1, 0.15) is 0 Å². The zero-order chi connectivity index (χ0) is 67.3. The number of hydrogen-bond acceptors (Lipinski definition) is 8. The summed E-state index contributed by atoms with van der Waals surface area (Å²) in [6, 6.07) is 38.6. The van der Waals surface area contributed by atoms with Gasteiger partial charge in [0, 0.05) is 90.3 Å². The van der Waals surface area contributed by atoms with Gasteiger partial charge in [0.05, 0.1) is 7.57 Å². The third kappa shape index (κ3) is 13.6. The van der Waals surface area contributed by atoms with Crippen molar-refractivity contribution in [1.82, 2.24) is 0 Å². The van der Waals surface area contributed by atoms with Gasteiger partial charge in [0.25, 0.3) is 0 Å². The average molecular weight is 1550 g/mol. The van der Waals surface area contributed by atoms with Crippen molar-refractivity contribution in [1.29, 1.82) is 0 Å². The van der Waals surface area contributed by atoms with Crippen LogP contribution in [0.5, 0.6) is 0 Å². The summed E-state index contributed by atoms with van der Waals surface area (Å²) in [5, 5.41) is 0. The first-order valence-electron chi connectivity index (χ1n) is 36.0. The topological polar surface area (TPSA) is 0 Å². The molecule has 0 amide bonds. The molecule has 1 aromatic carbocycles. The van der Waals surface area contributed by atoms with Crippen molar-refractivity contribution in [3.8, 4) is 58.5 Å². The Balaban J connectivity index is 0.902. The van der Waals surface area contributed by atoms with E-state index in [9.17, 15) is 0 Å². The van der Waals surface area contributed by atoms with Crippen LogP contribution in [-0.4, -0.2) is 0 Å². The van der Waals surface area contributed by atoms with Crippen LogP contribution in [0.2, 0.25) is 0 Å². The van der Waals surface area contributed by atoms with Gasteiger partial charge >= 0.3 is 0 Å². The van der Waals surface area contributed by atoms with Crippen LogP contribution in [0.4, 0.5) is 0 Å². The number of thiophene rings is 8. The molecule has 8 aromatic heterocycles. The van der Waals surface area contributed by atoms with E-state index in [2.05, 4.69) is 236 Å². The van der Waals surface area contributed by atoms with Gasteiger partial charge in [0.2, 0.25) is 0 Å². The maximum absolute atomic E-state index is 4.12. The molecule has 10 heteroatoms. The SMILES string of the molecule is CCCCCCc1c(Br)sc(-c2ccc(-c3ccc(-c4ccc(C5=C6C=C(C(C)(C)C)C=C7c8ccccc8C8=CC(C(C)(C)C)=CC(=C5c5ccc(-c9ccc(-c%10ccc(-c%11sc(Br)c(CCCCCC)c%11CCCCCC)s%10)s9)s5)[C@]8(C)[C@]76C)s4)s3)s2)c1CCCCCC. The Bertz CT molecular complexity index is 4220. The number of fused-ring (bicyclic) bond motifs is 3. The fourth-order valence-electron chi connectivity index (χ4n) is 15.5. The van der Waals surface area contributed by atoms with E-state index in [1.807, 2.05) is 90.7 Å². The lowest BCUT2D eigenvalue weighted by atomic mass is 9.41. The quantitative estimate of drug-likeness (QED) is 0.0429. The molecule has 0 radical (unpaired) electrons. The first kappa shape index (κ1) is 70.6. The number of benzene rings is 1. The first-order valence-corrected chi connectivity index (χ1v) is 44.1. The zero-order valence-electron chi connectivity index (χ0n) is 58.7. The van der Waals surface area contributed by atoms with Crippen LogP contribution >= 0.6 is 123 Å². The van der Waals surface area contributed by atoms with Crippen molar-refractivity contribution in [2.24, 2.45) is 21.7 Å². The molecule has 502 valence electrons. The molecule has 0 fully saturated rings. The molecule has 4 aliphatic carbocycles. The largest absolute Gasteiger partial charge is 0.134 e. The molecule has 0 N–H and O–H groups in total. The van der Waals surface area contributed by atoms with Crippen molar-refractivity contribution >= 4 is 145 Å². The van der Waals surface area contributed by atoms with Gasteiger partial charge in [-0.1, -0.05) is 209 Å². The van der Waals surface area contributed by atoms with Crippen molar-refractivity contribution in [2.75, 3.05) is 0 Å². The fraction of sp³-hybridized carbons (Fsp3) is 0.419. The van der Waals surface area contributed by atoms with E-state index >= 15 is 0 Å².